The lowest BCUT2D eigenvalue weighted by Gasteiger charge is -2.12. The lowest BCUT2D eigenvalue weighted by Crippen LogP contribution is -2.30. The molecule has 0 radical (unpaired) electrons. The molecule has 0 atom stereocenters. The van der Waals surface area contributed by atoms with E-state index in [0.29, 0.717) is 0 Å². The van der Waals surface area contributed by atoms with Gasteiger partial charge >= 0.3 is 0 Å². The minimum absolute atomic E-state index is 0.0728. The Bertz CT molecular complexity index is 539. The molecule has 6 heteroatoms. The number of aromatic amines is 1. The maximum Gasteiger partial charge on any atom is 0.249 e. The van der Waals surface area contributed by atoms with Gasteiger partial charge in [0.25, 0.3) is 0 Å². The van der Waals surface area contributed by atoms with Crippen molar-refractivity contribution < 1.29 is 8.42 Å². The molecule has 0 amide bonds. The summed E-state index contributed by atoms with van der Waals surface area (Å²) in [6.45, 7) is -0.0728. The van der Waals surface area contributed by atoms with Crippen molar-refractivity contribution >= 4 is 10.0 Å². The molecule has 1 aromatic rings. The van der Waals surface area contributed by atoms with Crippen LogP contribution in [0.4, 0.5) is 0 Å². The van der Waals surface area contributed by atoms with E-state index in [-0.39, 0.29) is 11.4 Å². The maximum atomic E-state index is 11.8. The average molecular weight is 226 g/mol. The summed E-state index contributed by atoms with van der Waals surface area (Å²) in [4.78, 5) is 13.5. The molecule has 1 rings (SSSR count). The quantitative estimate of drug-likeness (QED) is 0.715. The number of sulfonamides is 1. The van der Waals surface area contributed by atoms with Crippen molar-refractivity contribution in [1.82, 2.24) is 9.29 Å². The molecule has 1 heterocycles. The van der Waals surface area contributed by atoms with Crippen LogP contribution in [0.15, 0.2) is 28.2 Å². The van der Waals surface area contributed by atoms with Crippen LogP contribution in [0.1, 0.15) is 0 Å². The van der Waals surface area contributed by atoms with Crippen LogP contribution in [0.5, 0.6) is 0 Å². The van der Waals surface area contributed by atoms with Crippen molar-refractivity contribution in [3.8, 4) is 12.3 Å². The molecule has 0 bridgehead atoms. The summed E-state index contributed by atoms with van der Waals surface area (Å²) in [6.07, 6.45) is 7.51. The van der Waals surface area contributed by atoms with Gasteiger partial charge in [0, 0.05) is 25.5 Å². The summed E-state index contributed by atoms with van der Waals surface area (Å²) in [6, 6.07) is 1.15. The second-order valence-electron chi connectivity index (χ2n) is 2.84. The second-order valence-corrected chi connectivity index (χ2v) is 4.85. The number of nitrogens with zero attached hydrogens (tertiary/aromatic N) is 1. The van der Waals surface area contributed by atoms with Crippen molar-refractivity contribution in [2.24, 2.45) is 0 Å². The first-order valence-corrected chi connectivity index (χ1v) is 5.51. The summed E-state index contributed by atoms with van der Waals surface area (Å²) in [5, 5.41) is 0. The molecule has 0 aliphatic rings. The Morgan fingerprint density at radius 2 is 2.27 bits per heavy atom. The van der Waals surface area contributed by atoms with Crippen LogP contribution in [0.3, 0.4) is 0 Å². The molecule has 15 heavy (non-hydrogen) atoms. The molecule has 0 aliphatic carbocycles. The first-order chi connectivity index (χ1) is 7.00. The normalized spacial score (nSPS) is 11.3. The van der Waals surface area contributed by atoms with Gasteiger partial charge in [-0.25, -0.2) is 8.42 Å². The number of rotatable bonds is 3. The van der Waals surface area contributed by atoms with Crippen molar-refractivity contribution in [2.45, 2.75) is 4.90 Å². The van der Waals surface area contributed by atoms with Gasteiger partial charge in [-0.05, 0) is 0 Å². The highest BCUT2D eigenvalue weighted by molar-refractivity contribution is 7.89. The highest BCUT2D eigenvalue weighted by Gasteiger charge is 2.22. The molecular formula is C9H10N2O3S. The van der Waals surface area contributed by atoms with Gasteiger partial charge in [0.1, 0.15) is 4.90 Å². The Hall–Kier alpha value is -1.58. The van der Waals surface area contributed by atoms with Crippen molar-refractivity contribution in [2.75, 3.05) is 13.6 Å². The van der Waals surface area contributed by atoms with E-state index < -0.39 is 15.5 Å². The van der Waals surface area contributed by atoms with Gasteiger partial charge in [-0.3, -0.25) is 4.79 Å². The molecule has 80 valence electrons. The Balaban J connectivity index is 3.25. The SMILES string of the molecule is C#CCN(C)S(=O)(=O)c1c[nH]ccc1=O. The van der Waals surface area contributed by atoms with Crippen LogP contribution in [0, 0.1) is 12.3 Å². The fourth-order valence-corrected chi connectivity index (χ4v) is 2.10. The maximum absolute atomic E-state index is 11.8. The minimum atomic E-state index is -3.78. The van der Waals surface area contributed by atoms with Gasteiger partial charge in [-0.15, -0.1) is 6.42 Å². The van der Waals surface area contributed by atoms with Crippen LogP contribution in [-0.2, 0) is 10.0 Å². The molecule has 1 aromatic heterocycles. The second kappa shape index (κ2) is 4.29. The Morgan fingerprint density at radius 3 is 2.80 bits per heavy atom. The number of H-pyrrole nitrogens is 1. The third kappa shape index (κ3) is 2.26. The molecule has 0 unspecified atom stereocenters. The van der Waals surface area contributed by atoms with E-state index in [1.54, 1.807) is 0 Å². The predicted octanol–water partition coefficient (Wildman–Crippen LogP) is -0.371. The van der Waals surface area contributed by atoms with E-state index in [9.17, 15) is 13.2 Å². The molecule has 0 spiro atoms. The van der Waals surface area contributed by atoms with E-state index in [4.69, 9.17) is 6.42 Å². The Morgan fingerprint density at radius 1 is 1.60 bits per heavy atom. The minimum Gasteiger partial charge on any atom is -0.366 e. The van der Waals surface area contributed by atoms with Crippen LogP contribution < -0.4 is 5.43 Å². The van der Waals surface area contributed by atoms with Crippen molar-refractivity contribution in [3.05, 3.63) is 28.7 Å². The molecule has 0 saturated carbocycles. The zero-order chi connectivity index (χ0) is 11.5. The average Bonchev–Trinajstić information content (AvgIpc) is 2.18. The Labute approximate surface area is 87.8 Å². The molecule has 5 nitrogen and oxygen atoms in total. The number of hydrogen-bond donors (Lipinski definition) is 1. The zero-order valence-corrected chi connectivity index (χ0v) is 8.91. The fourth-order valence-electron chi connectivity index (χ4n) is 0.984. The van der Waals surface area contributed by atoms with E-state index in [1.165, 1.54) is 13.2 Å². The predicted molar refractivity (Wildman–Crippen MR) is 55.7 cm³/mol. The molecule has 0 aromatic carbocycles. The van der Waals surface area contributed by atoms with Crippen molar-refractivity contribution in [1.29, 1.82) is 0 Å². The highest BCUT2D eigenvalue weighted by atomic mass is 32.2. The monoisotopic (exact) mass is 226 g/mol. The summed E-state index contributed by atoms with van der Waals surface area (Å²) in [7, 11) is -2.46. The lowest BCUT2D eigenvalue weighted by molar-refractivity contribution is 0.502. The van der Waals surface area contributed by atoms with Gasteiger partial charge in [0.15, 0.2) is 0 Å². The smallest absolute Gasteiger partial charge is 0.249 e. The summed E-state index contributed by atoms with van der Waals surface area (Å²) < 4.78 is 24.4. The summed E-state index contributed by atoms with van der Waals surface area (Å²) in [5.41, 5.74) is -0.558. The molecular weight excluding hydrogens is 216 g/mol. The largest absolute Gasteiger partial charge is 0.366 e. The van der Waals surface area contributed by atoms with Crippen molar-refractivity contribution in [3.63, 3.8) is 0 Å². The van der Waals surface area contributed by atoms with Gasteiger partial charge in [0.05, 0.1) is 6.54 Å². The summed E-state index contributed by atoms with van der Waals surface area (Å²) >= 11 is 0. The van der Waals surface area contributed by atoms with Gasteiger partial charge in [0.2, 0.25) is 15.5 Å². The molecule has 0 aliphatic heterocycles. The number of hydrogen-bond acceptors (Lipinski definition) is 3. The first kappa shape index (κ1) is 11.5. The number of nitrogens with one attached hydrogen (secondary N) is 1. The van der Waals surface area contributed by atoms with Gasteiger partial charge in [-0.1, -0.05) is 5.92 Å². The Kier molecular flexibility index (Phi) is 3.29. The standard InChI is InChI=1S/C9H10N2O3S/c1-3-6-11(2)15(13,14)9-7-10-5-4-8(9)12/h1,4-5,7H,6H2,2H3,(H,10,12). The third-order valence-corrected chi connectivity index (χ3v) is 3.61. The first-order valence-electron chi connectivity index (χ1n) is 4.07. The van der Waals surface area contributed by atoms with E-state index in [1.807, 2.05) is 0 Å². The van der Waals surface area contributed by atoms with Gasteiger partial charge in [-0.2, -0.15) is 4.31 Å². The number of pyridine rings is 1. The number of terminal acetylenes is 1. The van der Waals surface area contributed by atoms with Crippen LogP contribution in [0.25, 0.3) is 0 Å². The van der Waals surface area contributed by atoms with Gasteiger partial charge < -0.3 is 4.98 Å². The molecule has 0 fully saturated rings. The van der Waals surface area contributed by atoms with E-state index >= 15 is 0 Å². The lowest BCUT2D eigenvalue weighted by atomic mass is 10.5. The molecule has 1 N–H and O–H groups in total. The van der Waals surface area contributed by atoms with E-state index in [0.717, 1.165) is 16.6 Å². The highest BCUT2D eigenvalue weighted by Crippen LogP contribution is 2.07. The van der Waals surface area contributed by atoms with E-state index in [2.05, 4.69) is 10.9 Å². The fraction of sp³-hybridized carbons (Fsp3) is 0.222. The number of aromatic nitrogens is 1. The zero-order valence-electron chi connectivity index (χ0n) is 8.10. The van der Waals surface area contributed by atoms with Crippen LogP contribution >= 0.6 is 0 Å². The van der Waals surface area contributed by atoms with Crippen LogP contribution in [-0.4, -0.2) is 31.3 Å². The summed E-state index contributed by atoms with van der Waals surface area (Å²) in [5.74, 6) is 2.20. The topological polar surface area (TPSA) is 70.2 Å². The van der Waals surface area contributed by atoms with Crippen LogP contribution in [0.2, 0.25) is 0 Å². The third-order valence-electron chi connectivity index (χ3n) is 1.79. The molecule has 0 saturated heterocycles.